The fourth-order valence-electron chi connectivity index (χ4n) is 3.65. The molecule has 2 N–H and O–H groups in total. The van der Waals surface area contributed by atoms with Crippen molar-refractivity contribution in [3.63, 3.8) is 0 Å². The number of anilines is 1. The summed E-state index contributed by atoms with van der Waals surface area (Å²) in [4.78, 5) is 7.26. The molecule has 25 heavy (non-hydrogen) atoms. The maximum atomic E-state index is 6.32. The molecule has 3 aromatic rings. The van der Waals surface area contributed by atoms with E-state index in [0.717, 1.165) is 54.5 Å². The van der Waals surface area contributed by atoms with E-state index >= 15 is 0 Å². The summed E-state index contributed by atoms with van der Waals surface area (Å²) in [6, 6.07) is 12.0. The highest BCUT2D eigenvalue weighted by atomic mass is 35.5. The molecule has 0 spiro atoms. The van der Waals surface area contributed by atoms with Crippen LogP contribution in [0.15, 0.2) is 36.4 Å². The molecule has 130 valence electrons. The minimum Gasteiger partial charge on any atom is -0.384 e. The molecule has 1 aromatic carbocycles. The van der Waals surface area contributed by atoms with Gasteiger partial charge in [0.05, 0.1) is 11.4 Å². The lowest BCUT2D eigenvalue weighted by molar-refractivity contribution is 0.198. The Balaban J connectivity index is 1.56. The van der Waals surface area contributed by atoms with E-state index in [1.54, 1.807) is 4.52 Å². The van der Waals surface area contributed by atoms with Crippen LogP contribution in [0.5, 0.6) is 0 Å². The van der Waals surface area contributed by atoms with Crippen molar-refractivity contribution in [3.8, 4) is 0 Å². The van der Waals surface area contributed by atoms with E-state index in [0.29, 0.717) is 11.7 Å². The number of nitrogens with two attached hydrogens (primary N) is 1. The van der Waals surface area contributed by atoms with Crippen molar-refractivity contribution in [1.82, 2.24) is 19.5 Å². The summed E-state index contributed by atoms with van der Waals surface area (Å²) in [5.41, 5.74) is 10.2. The molecule has 1 atom stereocenters. The fourth-order valence-corrected chi connectivity index (χ4v) is 3.85. The molecule has 5 nitrogen and oxygen atoms in total. The van der Waals surface area contributed by atoms with Gasteiger partial charge in [0.25, 0.3) is 0 Å². The lowest BCUT2D eigenvalue weighted by Gasteiger charge is -2.32. The normalized spacial score (nSPS) is 18.7. The molecular weight excluding hydrogens is 334 g/mol. The fraction of sp³-hybridized carbons (Fsp3) is 0.368. The Labute approximate surface area is 152 Å². The Morgan fingerprint density at radius 1 is 1.28 bits per heavy atom. The van der Waals surface area contributed by atoms with E-state index in [2.05, 4.69) is 16.1 Å². The number of nitrogens with zero attached hydrogens (tertiary/aromatic N) is 4. The smallest absolute Gasteiger partial charge is 0.157 e. The number of aryl methyl sites for hydroxylation is 1. The minimum absolute atomic E-state index is 0.388. The summed E-state index contributed by atoms with van der Waals surface area (Å²) >= 11 is 6.32. The van der Waals surface area contributed by atoms with Gasteiger partial charge >= 0.3 is 0 Å². The summed E-state index contributed by atoms with van der Waals surface area (Å²) < 4.78 is 1.71. The van der Waals surface area contributed by atoms with Crippen molar-refractivity contribution >= 4 is 23.1 Å². The van der Waals surface area contributed by atoms with Crippen LogP contribution < -0.4 is 5.73 Å². The monoisotopic (exact) mass is 355 g/mol. The standard InChI is InChI=1S/C19H22ClN5/c1-13-9-19-22-17(10-18(21)25(19)23-13)15-6-4-8-24(12-15)11-14-5-2-3-7-16(14)20/h2-3,5,7,9-10,15H,4,6,8,11-12,21H2,1H3/t15-/m1/s1. The van der Waals surface area contributed by atoms with Gasteiger partial charge in [-0.25, -0.2) is 4.98 Å². The maximum Gasteiger partial charge on any atom is 0.157 e. The van der Waals surface area contributed by atoms with Crippen LogP contribution in [0.25, 0.3) is 5.65 Å². The van der Waals surface area contributed by atoms with Gasteiger partial charge in [-0.05, 0) is 37.9 Å². The number of aromatic nitrogens is 3. The van der Waals surface area contributed by atoms with Crippen LogP contribution in [0.2, 0.25) is 5.02 Å². The Hall–Kier alpha value is -2.11. The molecular formula is C19H22ClN5. The predicted molar refractivity (Wildman–Crippen MR) is 101 cm³/mol. The third kappa shape index (κ3) is 3.34. The number of hydrogen-bond acceptors (Lipinski definition) is 4. The van der Waals surface area contributed by atoms with Crippen LogP contribution in [0, 0.1) is 6.92 Å². The molecule has 0 radical (unpaired) electrons. The average molecular weight is 356 g/mol. The summed E-state index contributed by atoms with van der Waals surface area (Å²) in [6.07, 6.45) is 2.29. The second kappa shape index (κ2) is 6.65. The predicted octanol–water partition coefficient (Wildman–Crippen LogP) is 3.65. The van der Waals surface area contributed by atoms with Gasteiger partial charge in [0.1, 0.15) is 5.82 Å². The average Bonchev–Trinajstić information content (AvgIpc) is 2.98. The van der Waals surface area contributed by atoms with Gasteiger partial charge < -0.3 is 5.73 Å². The maximum absolute atomic E-state index is 6.32. The number of halogens is 1. The van der Waals surface area contributed by atoms with Gasteiger partial charge in [0.2, 0.25) is 0 Å². The van der Waals surface area contributed by atoms with Crippen molar-refractivity contribution in [2.75, 3.05) is 18.8 Å². The number of piperidine rings is 1. The number of nitrogen functional groups attached to an aromatic ring is 1. The number of rotatable bonds is 3. The van der Waals surface area contributed by atoms with E-state index in [4.69, 9.17) is 22.3 Å². The molecule has 6 heteroatoms. The van der Waals surface area contributed by atoms with Crippen molar-refractivity contribution in [2.24, 2.45) is 0 Å². The van der Waals surface area contributed by atoms with Crippen LogP contribution in [0.3, 0.4) is 0 Å². The zero-order valence-corrected chi connectivity index (χ0v) is 15.1. The second-order valence-electron chi connectivity index (χ2n) is 6.83. The molecule has 0 unspecified atom stereocenters. The van der Waals surface area contributed by atoms with E-state index in [1.165, 1.54) is 5.56 Å². The van der Waals surface area contributed by atoms with E-state index in [-0.39, 0.29) is 0 Å². The molecule has 0 bridgehead atoms. The molecule has 1 aliphatic rings. The van der Waals surface area contributed by atoms with E-state index in [9.17, 15) is 0 Å². The summed E-state index contributed by atoms with van der Waals surface area (Å²) in [6.45, 7) is 4.89. The highest BCUT2D eigenvalue weighted by Gasteiger charge is 2.24. The van der Waals surface area contributed by atoms with Gasteiger partial charge in [0, 0.05) is 36.2 Å². The molecule has 0 amide bonds. The zero-order valence-electron chi connectivity index (χ0n) is 14.3. The van der Waals surface area contributed by atoms with Gasteiger partial charge in [-0.1, -0.05) is 29.8 Å². The summed E-state index contributed by atoms with van der Waals surface area (Å²) in [7, 11) is 0. The third-order valence-electron chi connectivity index (χ3n) is 4.87. The molecule has 4 rings (SSSR count). The van der Waals surface area contributed by atoms with Gasteiger partial charge in [0.15, 0.2) is 5.65 Å². The SMILES string of the molecule is Cc1cc2nc([C@@H]3CCCN(Cc4ccccc4Cl)C3)cc(N)n2n1. The lowest BCUT2D eigenvalue weighted by Crippen LogP contribution is -2.34. The first-order valence-corrected chi connectivity index (χ1v) is 9.06. The molecule has 1 fully saturated rings. The highest BCUT2D eigenvalue weighted by molar-refractivity contribution is 6.31. The van der Waals surface area contributed by atoms with Gasteiger partial charge in [-0.15, -0.1) is 0 Å². The topological polar surface area (TPSA) is 59.5 Å². The molecule has 1 saturated heterocycles. The van der Waals surface area contributed by atoms with Crippen LogP contribution >= 0.6 is 11.6 Å². The first-order chi connectivity index (χ1) is 12.1. The molecule has 3 heterocycles. The minimum atomic E-state index is 0.388. The molecule has 2 aromatic heterocycles. The van der Waals surface area contributed by atoms with E-state index < -0.39 is 0 Å². The van der Waals surface area contributed by atoms with Gasteiger partial charge in [-0.2, -0.15) is 9.61 Å². The van der Waals surface area contributed by atoms with Crippen molar-refractivity contribution in [2.45, 2.75) is 32.2 Å². The quantitative estimate of drug-likeness (QED) is 0.779. The summed E-state index contributed by atoms with van der Waals surface area (Å²) in [5, 5.41) is 5.22. The lowest BCUT2D eigenvalue weighted by atomic mass is 9.94. The van der Waals surface area contributed by atoms with Crippen molar-refractivity contribution in [1.29, 1.82) is 0 Å². The Morgan fingerprint density at radius 3 is 2.96 bits per heavy atom. The number of benzene rings is 1. The largest absolute Gasteiger partial charge is 0.384 e. The van der Waals surface area contributed by atoms with E-state index in [1.807, 2.05) is 37.3 Å². The summed E-state index contributed by atoms with van der Waals surface area (Å²) in [5.74, 6) is 1.04. The van der Waals surface area contributed by atoms with Crippen LogP contribution in [-0.2, 0) is 6.54 Å². The number of likely N-dealkylation sites (tertiary alicyclic amines) is 1. The molecule has 1 aliphatic heterocycles. The van der Waals surface area contributed by atoms with Crippen LogP contribution in [0.1, 0.15) is 35.7 Å². The Kier molecular flexibility index (Phi) is 4.36. The Bertz CT molecular complexity index is 904. The van der Waals surface area contributed by atoms with Crippen LogP contribution in [0.4, 0.5) is 5.82 Å². The first-order valence-electron chi connectivity index (χ1n) is 8.69. The van der Waals surface area contributed by atoms with Gasteiger partial charge in [-0.3, -0.25) is 4.90 Å². The van der Waals surface area contributed by atoms with Crippen molar-refractivity contribution < 1.29 is 0 Å². The third-order valence-corrected chi connectivity index (χ3v) is 5.24. The number of fused-ring (bicyclic) bond motifs is 1. The number of hydrogen-bond donors (Lipinski definition) is 1. The first kappa shape index (κ1) is 16.4. The Morgan fingerprint density at radius 2 is 2.12 bits per heavy atom. The second-order valence-corrected chi connectivity index (χ2v) is 7.23. The van der Waals surface area contributed by atoms with Crippen molar-refractivity contribution in [3.05, 3.63) is 58.4 Å². The van der Waals surface area contributed by atoms with Crippen LogP contribution in [-0.4, -0.2) is 32.6 Å². The zero-order chi connectivity index (χ0) is 17.4. The molecule has 0 aliphatic carbocycles. The molecule has 0 saturated carbocycles. The highest BCUT2D eigenvalue weighted by Crippen LogP contribution is 2.29.